The first kappa shape index (κ1) is 14.1. The maximum atomic E-state index is 12.1. The lowest BCUT2D eigenvalue weighted by Gasteiger charge is -2.05. The van der Waals surface area contributed by atoms with Gasteiger partial charge in [0.1, 0.15) is 0 Å². The second-order valence-electron chi connectivity index (χ2n) is 4.24. The molecule has 0 atom stereocenters. The zero-order valence-corrected chi connectivity index (χ0v) is 11.7. The van der Waals surface area contributed by atoms with E-state index >= 15 is 0 Å². The zero-order valence-electron chi connectivity index (χ0n) is 10.2. The van der Waals surface area contributed by atoms with Crippen molar-refractivity contribution in [3.63, 3.8) is 0 Å². The summed E-state index contributed by atoms with van der Waals surface area (Å²) in [5.41, 5.74) is 7.90. The Morgan fingerprint density at radius 3 is 2.37 bits per heavy atom. The SMILES string of the molecule is NCc1ccc(C(=O)Cc2cc(Cl)ccc2Cl)cc1. The number of benzene rings is 2. The third-order valence-electron chi connectivity index (χ3n) is 2.87. The van der Waals surface area contributed by atoms with Crippen LogP contribution < -0.4 is 5.73 Å². The fourth-order valence-electron chi connectivity index (χ4n) is 1.78. The molecule has 0 spiro atoms. The number of halogens is 2. The molecule has 0 radical (unpaired) electrons. The first-order valence-electron chi connectivity index (χ1n) is 5.86. The fraction of sp³-hybridized carbons (Fsp3) is 0.133. The summed E-state index contributed by atoms with van der Waals surface area (Å²) in [6, 6.07) is 12.4. The molecule has 2 nitrogen and oxygen atoms in total. The lowest BCUT2D eigenvalue weighted by atomic mass is 10.0. The predicted octanol–water partition coefficient (Wildman–Crippen LogP) is 3.88. The topological polar surface area (TPSA) is 43.1 Å². The summed E-state index contributed by atoms with van der Waals surface area (Å²) in [6.45, 7) is 0.467. The van der Waals surface area contributed by atoms with Gasteiger partial charge in [-0.2, -0.15) is 0 Å². The minimum Gasteiger partial charge on any atom is -0.326 e. The molecular formula is C15H13Cl2NO. The van der Waals surface area contributed by atoms with Crippen molar-refractivity contribution in [2.45, 2.75) is 13.0 Å². The predicted molar refractivity (Wildman–Crippen MR) is 78.8 cm³/mol. The molecule has 2 rings (SSSR count). The van der Waals surface area contributed by atoms with Crippen LogP contribution in [-0.4, -0.2) is 5.78 Å². The molecule has 0 amide bonds. The second kappa shape index (κ2) is 6.20. The van der Waals surface area contributed by atoms with Crippen molar-refractivity contribution in [2.24, 2.45) is 5.73 Å². The van der Waals surface area contributed by atoms with Gasteiger partial charge in [0.15, 0.2) is 5.78 Å². The van der Waals surface area contributed by atoms with Crippen molar-refractivity contribution in [2.75, 3.05) is 0 Å². The molecule has 0 aromatic heterocycles. The summed E-state index contributed by atoms with van der Waals surface area (Å²) in [4.78, 5) is 12.1. The number of rotatable bonds is 4. The van der Waals surface area contributed by atoms with E-state index < -0.39 is 0 Å². The Bertz CT molecular complexity index is 594. The standard InChI is InChI=1S/C15H13Cl2NO/c16-13-5-6-14(17)12(7-13)8-15(19)11-3-1-10(9-18)2-4-11/h1-7H,8-9,18H2. The largest absolute Gasteiger partial charge is 0.326 e. The molecule has 0 aliphatic carbocycles. The molecule has 0 aliphatic rings. The Morgan fingerprint density at radius 1 is 1.05 bits per heavy atom. The lowest BCUT2D eigenvalue weighted by Crippen LogP contribution is -2.05. The average Bonchev–Trinajstić information content (AvgIpc) is 2.43. The summed E-state index contributed by atoms with van der Waals surface area (Å²) in [7, 11) is 0. The van der Waals surface area contributed by atoms with Gasteiger partial charge in [0.2, 0.25) is 0 Å². The van der Waals surface area contributed by atoms with Gasteiger partial charge in [0, 0.05) is 28.6 Å². The molecule has 98 valence electrons. The Morgan fingerprint density at radius 2 is 1.74 bits per heavy atom. The van der Waals surface area contributed by atoms with Crippen molar-refractivity contribution in [1.82, 2.24) is 0 Å². The molecule has 2 N–H and O–H groups in total. The number of carbonyl (C=O) groups is 1. The molecule has 0 saturated heterocycles. The molecule has 0 unspecified atom stereocenters. The van der Waals surface area contributed by atoms with E-state index in [4.69, 9.17) is 28.9 Å². The highest BCUT2D eigenvalue weighted by Gasteiger charge is 2.10. The minimum absolute atomic E-state index is 0.00716. The third kappa shape index (κ3) is 3.57. The van der Waals surface area contributed by atoms with Crippen LogP contribution in [0.15, 0.2) is 42.5 Å². The van der Waals surface area contributed by atoms with Crippen LogP contribution in [0.3, 0.4) is 0 Å². The fourth-order valence-corrected chi connectivity index (χ4v) is 2.16. The maximum absolute atomic E-state index is 12.1. The molecule has 0 fully saturated rings. The number of carbonyl (C=O) groups excluding carboxylic acids is 1. The molecule has 2 aromatic rings. The van der Waals surface area contributed by atoms with Gasteiger partial charge in [0.25, 0.3) is 0 Å². The summed E-state index contributed by atoms with van der Waals surface area (Å²) in [6.07, 6.45) is 0.237. The van der Waals surface area contributed by atoms with Gasteiger partial charge in [-0.05, 0) is 29.3 Å². The summed E-state index contributed by atoms with van der Waals surface area (Å²) in [5, 5.41) is 1.13. The van der Waals surface area contributed by atoms with Crippen molar-refractivity contribution in [3.05, 3.63) is 69.2 Å². The third-order valence-corrected chi connectivity index (χ3v) is 3.47. The highest BCUT2D eigenvalue weighted by Crippen LogP contribution is 2.22. The van der Waals surface area contributed by atoms with Crippen LogP contribution in [-0.2, 0) is 13.0 Å². The number of ketones is 1. The van der Waals surface area contributed by atoms with Gasteiger partial charge < -0.3 is 5.73 Å². The number of Topliss-reactive ketones (excluding diaryl/α,β-unsaturated/α-hetero) is 1. The van der Waals surface area contributed by atoms with Crippen LogP contribution in [0, 0.1) is 0 Å². The number of nitrogens with two attached hydrogens (primary N) is 1. The molecule has 19 heavy (non-hydrogen) atoms. The quantitative estimate of drug-likeness (QED) is 0.870. The van der Waals surface area contributed by atoms with Gasteiger partial charge in [-0.25, -0.2) is 0 Å². The van der Waals surface area contributed by atoms with Crippen LogP contribution in [0.5, 0.6) is 0 Å². The molecule has 4 heteroatoms. The highest BCUT2D eigenvalue weighted by molar-refractivity contribution is 6.33. The van der Waals surface area contributed by atoms with Crippen LogP contribution in [0.4, 0.5) is 0 Å². The second-order valence-corrected chi connectivity index (χ2v) is 5.08. The number of hydrogen-bond donors (Lipinski definition) is 1. The summed E-state index contributed by atoms with van der Waals surface area (Å²) < 4.78 is 0. The van der Waals surface area contributed by atoms with E-state index in [1.165, 1.54) is 0 Å². The van der Waals surface area contributed by atoms with Crippen molar-refractivity contribution < 1.29 is 4.79 Å². The molecule has 2 aromatic carbocycles. The number of hydrogen-bond acceptors (Lipinski definition) is 2. The Balaban J connectivity index is 2.18. The van der Waals surface area contributed by atoms with E-state index in [1.54, 1.807) is 30.3 Å². The van der Waals surface area contributed by atoms with Gasteiger partial charge in [-0.15, -0.1) is 0 Å². The monoisotopic (exact) mass is 293 g/mol. The molecule has 0 heterocycles. The van der Waals surface area contributed by atoms with Crippen LogP contribution in [0.1, 0.15) is 21.5 Å². The Labute approximate surface area is 122 Å². The van der Waals surface area contributed by atoms with E-state index in [2.05, 4.69) is 0 Å². The van der Waals surface area contributed by atoms with E-state index in [1.807, 2.05) is 12.1 Å². The maximum Gasteiger partial charge on any atom is 0.167 e. The van der Waals surface area contributed by atoms with E-state index in [0.717, 1.165) is 11.1 Å². The van der Waals surface area contributed by atoms with Gasteiger partial charge in [0.05, 0.1) is 0 Å². The normalized spacial score (nSPS) is 10.5. The molecule has 0 saturated carbocycles. The summed E-state index contributed by atoms with van der Waals surface area (Å²) >= 11 is 12.0. The van der Waals surface area contributed by atoms with Gasteiger partial charge >= 0.3 is 0 Å². The van der Waals surface area contributed by atoms with E-state index in [-0.39, 0.29) is 12.2 Å². The average molecular weight is 294 g/mol. The minimum atomic E-state index is 0.00716. The molecule has 0 bridgehead atoms. The van der Waals surface area contributed by atoms with Crippen molar-refractivity contribution in [1.29, 1.82) is 0 Å². The molecular weight excluding hydrogens is 281 g/mol. The first-order chi connectivity index (χ1) is 9.10. The van der Waals surface area contributed by atoms with Crippen LogP contribution in [0.25, 0.3) is 0 Å². The van der Waals surface area contributed by atoms with E-state index in [0.29, 0.717) is 22.2 Å². The lowest BCUT2D eigenvalue weighted by molar-refractivity contribution is 0.0993. The van der Waals surface area contributed by atoms with Gasteiger partial charge in [-0.1, -0.05) is 47.5 Å². The summed E-state index contributed by atoms with van der Waals surface area (Å²) in [5.74, 6) is 0.00716. The Kier molecular flexibility index (Phi) is 4.59. The van der Waals surface area contributed by atoms with Crippen LogP contribution >= 0.6 is 23.2 Å². The highest BCUT2D eigenvalue weighted by atomic mass is 35.5. The Hall–Kier alpha value is -1.35. The van der Waals surface area contributed by atoms with E-state index in [9.17, 15) is 4.79 Å². The smallest absolute Gasteiger partial charge is 0.167 e. The zero-order chi connectivity index (χ0) is 13.8. The van der Waals surface area contributed by atoms with Crippen molar-refractivity contribution >= 4 is 29.0 Å². The van der Waals surface area contributed by atoms with Crippen molar-refractivity contribution in [3.8, 4) is 0 Å². The molecule has 0 aliphatic heterocycles. The first-order valence-corrected chi connectivity index (χ1v) is 6.62. The van der Waals surface area contributed by atoms with Crippen LogP contribution in [0.2, 0.25) is 10.0 Å². The van der Waals surface area contributed by atoms with Gasteiger partial charge in [-0.3, -0.25) is 4.79 Å².